The topological polar surface area (TPSA) is 39.2 Å². The fourth-order valence-electron chi connectivity index (χ4n) is 1.93. The number of hydrogen-bond donors (Lipinski definition) is 0. The van der Waals surface area contributed by atoms with Gasteiger partial charge in [0.05, 0.1) is 5.69 Å². The Kier molecular flexibility index (Phi) is 7.33. The van der Waals surface area contributed by atoms with E-state index in [1.54, 1.807) is 19.2 Å². The molecule has 0 radical (unpaired) electrons. The van der Waals surface area contributed by atoms with Gasteiger partial charge in [0.15, 0.2) is 0 Å². The van der Waals surface area contributed by atoms with Crippen LogP contribution < -0.4 is 0 Å². The SMILES string of the molecule is C=C(C)C(=O)OC1CCCCC1.C=Cc1ccccn1. The van der Waals surface area contributed by atoms with E-state index in [-0.39, 0.29) is 12.1 Å². The minimum absolute atomic E-state index is 0.156. The molecule has 0 atom stereocenters. The Morgan fingerprint density at radius 3 is 2.50 bits per heavy atom. The number of pyridine rings is 1. The summed E-state index contributed by atoms with van der Waals surface area (Å²) in [5.41, 5.74) is 1.42. The molecule has 0 aliphatic heterocycles. The van der Waals surface area contributed by atoms with Gasteiger partial charge in [-0.1, -0.05) is 25.6 Å². The minimum atomic E-state index is -0.234. The first kappa shape index (κ1) is 16.2. The van der Waals surface area contributed by atoms with E-state index in [0.29, 0.717) is 5.57 Å². The largest absolute Gasteiger partial charge is 0.459 e. The van der Waals surface area contributed by atoms with Gasteiger partial charge in [-0.2, -0.15) is 0 Å². The Hall–Kier alpha value is -1.90. The van der Waals surface area contributed by atoms with Crippen LogP contribution in [0, 0.1) is 0 Å². The van der Waals surface area contributed by atoms with Crippen LogP contribution in [0.1, 0.15) is 44.7 Å². The van der Waals surface area contributed by atoms with Crippen LogP contribution in [0.4, 0.5) is 0 Å². The number of hydrogen-bond acceptors (Lipinski definition) is 3. The van der Waals surface area contributed by atoms with Crippen molar-refractivity contribution in [2.45, 2.75) is 45.1 Å². The van der Waals surface area contributed by atoms with Gasteiger partial charge >= 0.3 is 5.97 Å². The second kappa shape index (κ2) is 9.08. The highest BCUT2D eigenvalue weighted by molar-refractivity contribution is 5.87. The molecule has 0 amide bonds. The average Bonchev–Trinajstić information content (AvgIpc) is 2.49. The molecule has 0 spiro atoms. The van der Waals surface area contributed by atoms with Gasteiger partial charge in [0, 0.05) is 11.8 Å². The first-order valence-corrected chi connectivity index (χ1v) is 7.03. The molecule has 1 fully saturated rings. The van der Waals surface area contributed by atoms with Crippen molar-refractivity contribution in [1.29, 1.82) is 0 Å². The second-order valence-electron chi connectivity index (χ2n) is 4.90. The molecule has 1 aromatic heterocycles. The van der Waals surface area contributed by atoms with Gasteiger partial charge in [0.1, 0.15) is 6.10 Å². The lowest BCUT2D eigenvalue weighted by Gasteiger charge is -2.21. The molecule has 1 aliphatic carbocycles. The second-order valence-corrected chi connectivity index (χ2v) is 4.90. The third kappa shape index (κ3) is 6.32. The molecular formula is C17H23NO2. The van der Waals surface area contributed by atoms with Gasteiger partial charge in [-0.25, -0.2) is 4.79 Å². The van der Waals surface area contributed by atoms with E-state index < -0.39 is 0 Å². The standard InChI is InChI=1S/C10H16O2.C7H7N/c1-8(2)10(11)12-9-6-4-3-5-7-9;1-2-7-5-3-4-6-8-7/h9H,1,3-7H2,2H3;2-6H,1H2. The van der Waals surface area contributed by atoms with E-state index in [2.05, 4.69) is 18.1 Å². The van der Waals surface area contributed by atoms with E-state index >= 15 is 0 Å². The first-order chi connectivity index (χ1) is 9.63. The Bertz CT molecular complexity index is 434. The number of carbonyl (C=O) groups excluding carboxylic acids is 1. The maximum absolute atomic E-state index is 11.1. The fourth-order valence-corrected chi connectivity index (χ4v) is 1.93. The molecule has 1 saturated carbocycles. The minimum Gasteiger partial charge on any atom is -0.459 e. The molecular weight excluding hydrogens is 250 g/mol. The summed E-state index contributed by atoms with van der Waals surface area (Å²) >= 11 is 0. The number of carbonyl (C=O) groups is 1. The van der Waals surface area contributed by atoms with Gasteiger partial charge < -0.3 is 4.74 Å². The van der Waals surface area contributed by atoms with E-state index in [9.17, 15) is 4.79 Å². The summed E-state index contributed by atoms with van der Waals surface area (Å²) in [7, 11) is 0. The summed E-state index contributed by atoms with van der Waals surface area (Å²) in [6, 6.07) is 5.73. The molecule has 3 nitrogen and oxygen atoms in total. The number of rotatable bonds is 3. The number of nitrogens with zero attached hydrogens (tertiary/aromatic N) is 1. The van der Waals surface area contributed by atoms with Gasteiger partial charge in [0.25, 0.3) is 0 Å². The maximum Gasteiger partial charge on any atom is 0.333 e. The zero-order valence-corrected chi connectivity index (χ0v) is 12.2. The summed E-state index contributed by atoms with van der Waals surface area (Å²) in [5.74, 6) is -0.234. The maximum atomic E-state index is 11.1. The summed E-state index contributed by atoms with van der Waals surface area (Å²) in [5, 5.41) is 0. The first-order valence-electron chi connectivity index (χ1n) is 7.03. The van der Waals surface area contributed by atoms with Gasteiger partial charge in [-0.15, -0.1) is 0 Å². The Balaban J connectivity index is 0.000000217. The lowest BCUT2D eigenvalue weighted by atomic mass is 9.98. The lowest BCUT2D eigenvalue weighted by Crippen LogP contribution is -2.20. The van der Waals surface area contributed by atoms with Crippen molar-refractivity contribution in [3.05, 3.63) is 48.8 Å². The van der Waals surface area contributed by atoms with Crippen LogP contribution in [-0.2, 0) is 9.53 Å². The molecule has 20 heavy (non-hydrogen) atoms. The van der Waals surface area contributed by atoms with Crippen molar-refractivity contribution < 1.29 is 9.53 Å². The number of aromatic nitrogens is 1. The van der Waals surface area contributed by atoms with E-state index in [0.717, 1.165) is 18.5 Å². The monoisotopic (exact) mass is 273 g/mol. The van der Waals surface area contributed by atoms with Gasteiger partial charge in [-0.3, -0.25) is 4.98 Å². The molecule has 0 unspecified atom stereocenters. The lowest BCUT2D eigenvalue weighted by molar-refractivity contribution is -0.145. The number of ether oxygens (including phenoxy) is 1. The highest BCUT2D eigenvalue weighted by atomic mass is 16.5. The van der Waals surface area contributed by atoms with Crippen molar-refractivity contribution >= 4 is 12.0 Å². The molecule has 0 bridgehead atoms. The Morgan fingerprint density at radius 1 is 1.35 bits per heavy atom. The zero-order valence-electron chi connectivity index (χ0n) is 12.2. The summed E-state index contributed by atoms with van der Waals surface area (Å²) in [6.07, 6.45) is 9.33. The van der Waals surface area contributed by atoms with Crippen LogP contribution in [0.2, 0.25) is 0 Å². The van der Waals surface area contributed by atoms with Crippen molar-refractivity contribution in [3.8, 4) is 0 Å². The number of esters is 1. The highest BCUT2D eigenvalue weighted by Crippen LogP contribution is 2.20. The predicted octanol–water partition coefficient (Wildman–Crippen LogP) is 4.16. The van der Waals surface area contributed by atoms with Gasteiger partial charge in [0.2, 0.25) is 0 Å². The van der Waals surface area contributed by atoms with E-state index in [1.165, 1.54) is 19.3 Å². The van der Waals surface area contributed by atoms with Crippen LogP contribution in [0.5, 0.6) is 0 Å². The van der Waals surface area contributed by atoms with Crippen LogP contribution in [0.15, 0.2) is 43.1 Å². The Morgan fingerprint density at radius 2 is 2.05 bits per heavy atom. The van der Waals surface area contributed by atoms with E-state index in [4.69, 9.17) is 4.74 Å². The molecule has 0 aromatic carbocycles. The van der Waals surface area contributed by atoms with Gasteiger partial charge in [-0.05, 0) is 50.8 Å². The fraction of sp³-hybridized carbons (Fsp3) is 0.412. The summed E-state index contributed by atoms with van der Waals surface area (Å²) in [4.78, 5) is 15.1. The van der Waals surface area contributed by atoms with Crippen LogP contribution in [-0.4, -0.2) is 17.1 Å². The molecule has 108 valence electrons. The van der Waals surface area contributed by atoms with Crippen LogP contribution >= 0.6 is 0 Å². The van der Waals surface area contributed by atoms with Crippen molar-refractivity contribution in [3.63, 3.8) is 0 Å². The molecule has 1 heterocycles. The molecule has 3 heteroatoms. The molecule has 1 aromatic rings. The predicted molar refractivity (Wildman–Crippen MR) is 82.1 cm³/mol. The molecule has 2 rings (SSSR count). The zero-order chi connectivity index (χ0) is 14.8. The Labute approximate surface area is 121 Å². The summed E-state index contributed by atoms with van der Waals surface area (Å²) in [6.45, 7) is 8.80. The van der Waals surface area contributed by atoms with Crippen LogP contribution in [0.3, 0.4) is 0 Å². The summed E-state index contributed by atoms with van der Waals surface area (Å²) < 4.78 is 5.21. The molecule has 1 aliphatic rings. The third-order valence-electron chi connectivity index (χ3n) is 3.07. The normalized spacial score (nSPS) is 14.7. The molecule has 0 N–H and O–H groups in total. The third-order valence-corrected chi connectivity index (χ3v) is 3.07. The van der Waals surface area contributed by atoms with Crippen LogP contribution in [0.25, 0.3) is 6.08 Å². The quantitative estimate of drug-likeness (QED) is 0.613. The highest BCUT2D eigenvalue weighted by Gasteiger charge is 2.17. The van der Waals surface area contributed by atoms with Crippen molar-refractivity contribution in [2.75, 3.05) is 0 Å². The van der Waals surface area contributed by atoms with E-state index in [1.807, 2.05) is 18.2 Å². The smallest absolute Gasteiger partial charge is 0.333 e. The van der Waals surface area contributed by atoms with Crippen molar-refractivity contribution in [2.24, 2.45) is 0 Å². The van der Waals surface area contributed by atoms with Crippen molar-refractivity contribution in [1.82, 2.24) is 4.98 Å². The molecule has 0 saturated heterocycles. The average molecular weight is 273 g/mol.